The van der Waals surface area contributed by atoms with Crippen LogP contribution in [0.25, 0.3) is 0 Å². The van der Waals surface area contributed by atoms with Gasteiger partial charge in [-0.25, -0.2) is 4.98 Å². The van der Waals surface area contributed by atoms with Crippen molar-refractivity contribution in [3.63, 3.8) is 0 Å². The van der Waals surface area contributed by atoms with Crippen molar-refractivity contribution in [3.05, 3.63) is 35.5 Å². The monoisotopic (exact) mass is 268 g/mol. The number of nitriles is 1. The summed E-state index contributed by atoms with van der Waals surface area (Å²) in [6.07, 6.45) is 4.63. The van der Waals surface area contributed by atoms with Crippen molar-refractivity contribution >= 4 is 5.82 Å². The Bertz CT molecular complexity index is 639. The highest BCUT2D eigenvalue weighted by atomic mass is 15.3. The van der Waals surface area contributed by atoms with Gasteiger partial charge in [-0.3, -0.25) is 0 Å². The second-order valence-electron chi connectivity index (χ2n) is 4.87. The molecule has 3 heterocycles. The van der Waals surface area contributed by atoms with E-state index in [2.05, 4.69) is 25.1 Å². The highest BCUT2D eigenvalue weighted by molar-refractivity contribution is 5.38. The molecule has 6 heteroatoms. The molecule has 1 aliphatic rings. The molecule has 2 aromatic rings. The molecule has 0 aliphatic carbocycles. The van der Waals surface area contributed by atoms with Crippen LogP contribution in [-0.4, -0.2) is 19.7 Å². The zero-order valence-corrected chi connectivity index (χ0v) is 11.2. The van der Waals surface area contributed by atoms with Crippen LogP contribution in [0, 0.1) is 11.3 Å². The van der Waals surface area contributed by atoms with Gasteiger partial charge in [-0.15, -0.1) is 10.2 Å². The smallest absolute Gasteiger partial charge is 0.152 e. The van der Waals surface area contributed by atoms with Crippen LogP contribution in [0.3, 0.4) is 0 Å². The number of hydrogen-bond acceptors (Lipinski definition) is 5. The summed E-state index contributed by atoms with van der Waals surface area (Å²) >= 11 is 0. The van der Waals surface area contributed by atoms with E-state index in [0.29, 0.717) is 18.1 Å². The zero-order valence-electron chi connectivity index (χ0n) is 11.2. The maximum Gasteiger partial charge on any atom is 0.152 e. The molecule has 1 aliphatic heterocycles. The fourth-order valence-corrected chi connectivity index (χ4v) is 2.44. The number of anilines is 1. The Kier molecular flexibility index (Phi) is 3.59. The summed E-state index contributed by atoms with van der Waals surface area (Å²) < 4.78 is 2.20. The third-order valence-electron chi connectivity index (χ3n) is 3.48. The lowest BCUT2D eigenvalue weighted by Crippen LogP contribution is -2.11. The molecule has 0 saturated carbocycles. The van der Waals surface area contributed by atoms with Crippen LogP contribution in [0.15, 0.2) is 18.2 Å². The topological polar surface area (TPSA) is 79.4 Å². The van der Waals surface area contributed by atoms with Crippen LogP contribution in [0.4, 0.5) is 5.82 Å². The predicted molar refractivity (Wildman–Crippen MR) is 73.9 cm³/mol. The van der Waals surface area contributed by atoms with Gasteiger partial charge in [-0.1, -0.05) is 12.5 Å². The number of aromatic nitrogens is 4. The molecule has 1 N–H and O–H groups in total. The van der Waals surface area contributed by atoms with Gasteiger partial charge in [0.2, 0.25) is 0 Å². The van der Waals surface area contributed by atoms with Crippen molar-refractivity contribution in [2.45, 2.75) is 38.8 Å². The Labute approximate surface area is 117 Å². The van der Waals surface area contributed by atoms with Crippen molar-refractivity contribution in [1.82, 2.24) is 19.7 Å². The molecule has 0 bridgehead atoms. The van der Waals surface area contributed by atoms with E-state index in [9.17, 15) is 0 Å². The van der Waals surface area contributed by atoms with E-state index < -0.39 is 0 Å². The highest BCUT2D eigenvalue weighted by Gasteiger charge is 2.14. The summed E-state index contributed by atoms with van der Waals surface area (Å²) in [5, 5.41) is 20.6. The summed E-state index contributed by atoms with van der Waals surface area (Å²) in [7, 11) is 0. The van der Waals surface area contributed by atoms with Gasteiger partial charge in [0.25, 0.3) is 0 Å². The maximum absolute atomic E-state index is 8.84. The van der Waals surface area contributed by atoms with Gasteiger partial charge in [0.1, 0.15) is 23.4 Å². The van der Waals surface area contributed by atoms with Gasteiger partial charge < -0.3 is 9.88 Å². The number of fused-ring (bicyclic) bond motifs is 1. The number of pyridine rings is 1. The fourth-order valence-electron chi connectivity index (χ4n) is 2.44. The minimum absolute atomic E-state index is 0.412. The van der Waals surface area contributed by atoms with Crippen LogP contribution in [0.5, 0.6) is 0 Å². The number of nitrogens with one attached hydrogen (secondary N) is 1. The zero-order chi connectivity index (χ0) is 13.8. The van der Waals surface area contributed by atoms with E-state index in [1.165, 1.54) is 19.3 Å². The van der Waals surface area contributed by atoms with Gasteiger partial charge in [-0.2, -0.15) is 5.26 Å². The molecule has 0 amide bonds. The largest absolute Gasteiger partial charge is 0.363 e. The molecule has 0 spiro atoms. The van der Waals surface area contributed by atoms with Crippen LogP contribution in [0.2, 0.25) is 0 Å². The predicted octanol–water partition coefficient (Wildman–Crippen LogP) is 1.88. The fraction of sp³-hybridized carbons (Fsp3) is 0.429. The third-order valence-corrected chi connectivity index (χ3v) is 3.48. The first-order chi connectivity index (χ1) is 9.86. The Morgan fingerprint density at radius 3 is 3.10 bits per heavy atom. The Morgan fingerprint density at radius 1 is 1.25 bits per heavy atom. The third kappa shape index (κ3) is 2.62. The quantitative estimate of drug-likeness (QED) is 0.919. The Balaban J connectivity index is 1.72. The normalized spacial score (nSPS) is 14.2. The van der Waals surface area contributed by atoms with Crippen molar-refractivity contribution in [2.75, 3.05) is 5.32 Å². The van der Waals surface area contributed by atoms with E-state index in [1.54, 1.807) is 6.07 Å². The maximum atomic E-state index is 8.84. The van der Waals surface area contributed by atoms with E-state index >= 15 is 0 Å². The van der Waals surface area contributed by atoms with Gasteiger partial charge in [-0.05, 0) is 25.0 Å². The van der Waals surface area contributed by atoms with Crippen LogP contribution < -0.4 is 5.32 Å². The summed E-state index contributed by atoms with van der Waals surface area (Å²) in [4.78, 5) is 4.19. The van der Waals surface area contributed by atoms with Crippen molar-refractivity contribution in [1.29, 1.82) is 5.26 Å². The molecule has 20 heavy (non-hydrogen) atoms. The molecule has 0 fully saturated rings. The molecule has 0 radical (unpaired) electrons. The van der Waals surface area contributed by atoms with Crippen molar-refractivity contribution in [3.8, 4) is 6.07 Å². The summed E-state index contributed by atoms with van der Waals surface area (Å²) in [5.74, 6) is 2.71. The van der Waals surface area contributed by atoms with E-state index in [4.69, 9.17) is 5.26 Å². The molecule has 3 rings (SSSR count). The summed E-state index contributed by atoms with van der Waals surface area (Å²) in [6, 6.07) is 7.39. The Hall–Kier alpha value is -2.42. The minimum Gasteiger partial charge on any atom is -0.363 e. The molecule has 102 valence electrons. The standard InChI is InChI=1S/C14H16N6/c15-9-11-5-4-6-12(17-11)16-10-14-19-18-13-7-2-1-3-8-20(13)14/h4-6H,1-3,7-8,10H2,(H,16,17). The Morgan fingerprint density at radius 2 is 2.20 bits per heavy atom. The van der Waals surface area contributed by atoms with E-state index in [1.807, 2.05) is 18.2 Å². The van der Waals surface area contributed by atoms with Crippen molar-refractivity contribution in [2.24, 2.45) is 0 Å². The lowest BCUT2D eigenvalue weighted by Gasteiger charge is -2.08. The summed E-state index contributed by atoms with van der Waals surface area (Å²) in [5.41, 5.74) is 0.412. The van der Waals surface area contributed by atoms with Gasteiger partial charge in [0.05, 0.1) is 6.54 Å². The van der Waals surface area contributed by atoms with Gasteiger partial charge in [0.15, 0.2) is 5.82 Å². The molecule has 6 nitrogen and oxygen atoms in total. The van der Waals surface area contributed by atoms with Gasteiger partial charge in [0, 0.05) is 13.0 Å². The highest BCUT2D eigenvalue weighted by Crippen LogP contribution is 2.15. The average Bonchev–Trinajstić information content (AvgIpc) is 2.72. The second-order valence-corrected chi connectivity index (χ2v) is 4.87. The van der Waals surface area contributed by atoms with Crippen molar-refractivity contribution < 1.29 is 0 Å². The van der Waals surface area contributed by atoms with Gasteiger partial charge >= 0.3 is 0 Å². The van der Waals surface area contributed by atoms with E-state index in [-0.39, 0.29) is 0 Å². The summed E-state index contributed by atoms with van der Waals surface area (Å²) in [6.45, 7) is 1.57. The van der Waals surface area contributed by atoms with Crippen LogP contribution in [0.1, 0.15) is 36.6 Å². The first-order valence-electron chi connectivity index (χ1n) is 6.89. The van der Waals surface area contributed by atoms with Crippen LogP contribution in [-0.2, 0) is 19.5 Å². The molecule has 0 unspecified atom stereocenters. The molecular weight excluding hydrogens is 252 g/mol. The lowest BCUT2D eigenvalue weighted by atomic mass is 10.2. The number of rotatable bonds is 3. The molecule has 0 saturated heterocycles. The molecule has 0 aromatic carbocycles. The molecular formula is C14H16N6. The second kappa shape index (κ2) is 5.70. The lowest BCUT2D eigenvalue weighted by molar-refractivity contribution is 0.610. The number of aryl methyl sites for hydroxylation is 1. The minimum atomic E-state index is 0.412. The van der Waals surface area contributed by atoms with Crippen LogP contribution >= 0.6 is 0 Å². The first kappa shape index (κ1) is 12.6. The average molecular weight is 268 g/mol. The molecule has 2 aromatic heterocycles. The number of hydrogen-bond donors (Lipinski definition) is 1. The first-order valence-corrected chi connectivity index (χ1v) is 6.89. The number of nitrogens with zero attached hydrogens (tertiary/aromatic N) is 5. The van der Waals surface area contributed by atoms with E-state index in [0.717, 1.165) is 24.6 Å². The molecule has 0 atom stereocenters. The SMILES string of the molecule is N#Cc1cccc(NCc2nnc3n2CCCCC3)n1.